The van der Waals surface area contributed by atoms with Gasteiger partial charge in [-0.05, 0) is 37.8 Å². The largest absolute Gasteiger partial charge is 0.377 e. The molecule has 2 fully saturated rings. The molecular weight excluding hydrogens is 282 g/mol. The molecule has 0 radical (unpaired) electrons. The zero-order chi connectivity index (χ0) is 14.8. The minimum absolute atomic E-state index is 0.285. The van der Waals surface area contributed by atoms with E-state index in [1.165, 1.54) is 12.8 Å². The highest BCUT2D eigenvalue weighted by atomic mass is 16.5. The first-order chi connectivity index (χ1) is 10.9. The molecule has 1 saturated heterocycles. The molecule has 1 aliphatic carbocycles. The molecule has 1 aliphatic heterocycles. The SMILES string of the molecule is c1cc2nnc(C3CC3)n2nc1NCCOCC1CCCO1. The van der Waals surface area contributed by atoms with Gasteiger partial charge in [-0.25, -0.2) is 0 Å². The first-order valence-corrected chi connectivity index (χ1v) is 8.06. The molecule has 2 aliphatic rings. The Kier molecular flexibility index (Phi) is 3.90. The van der Waals surface area contributed by atoms with E-state index in [1.807, 2.05) is 16.6 Å². The summed E-state index contributed by atoms with van der Waals surface area (Å²) < 4.78 is 13.0. The maximum atomic E-state index is 5.64. The number of hydrogen-bond acceptors (Lipinski definition) is 6. The van der Waals surface area contributed by atoms with Crippen molar-refractivity contribution in [3.8, 4) is 0 Å². The van der Waals surface area contributed by atoms with Gasteiger partial charge in [-0.1, -0.05) is 0 Å². The van der Waals surface area contributed by atoms with E-state index in [1.54, 1.807) is 0 Å². The van der Waals surface area contributed by atoms with Gasteiger partial charge in [0.15, 0.2) is 11.5 Å². The molecule has 118 valence electrons. The summed E-state index contributed by atoms with van der Waals surface area (Å²) in [5, 5.41) is 16.3. The smallest absolute Gasteiger partial charge is 0.178 e. The predicted octanol–water partition coefficient (Wildman–Crippen LogP) is 1.61. The lowest BCUT2D eigenvalue weighted by molar-refractivity contribution is 0.0206. The van der Waals surface area contributed by atoms with Crippen LogP contribution in [-0.2, 0) is 9.47 Å². The van der Waals surface area contributed by atoms with Gasteiger partial charge in [-0.3, -0.25) is 0 Å². The summed E-state index contributed by atoms with van der Waals surface area (Å²) in [6, 6.07) is 3.88. The fraction of sp³-hybridized carbons (Fsp3) is 0.667. The van der Waals surface area contributed by atoms with Crippen molar-refractivity contribution in [3.05, 3.63) is 18.0 Å². The van der Waals surface area contributed by atoms with Crippen molar-refractivity contribution in [2.75, 3.05) is 31.7 Å². The van der Waals surface area contributed by atoms with Gasteiger partial charge in [0, 0.05) is 19.1 Å². The van der Waals surface area contributed by atoms with E-state index in [4.69, 9.17) is 9.47 Å². The second-order valence-electron chi connectivity index (χ2n) is 5.96. The Bertz CT molecular complexity index is 634. The summed E-state index contributed by atoms with van der Waals surface area (Å²) in [5.74, 6) is 2.34. The van der Waals surface area contributed by atoms with Crippen LogP contribution in [0.4, 0.5) is 5.82 Å². The van der Waals surface area contributed by atoms with Crippen molar-refractivity contribution >= 4 is 11.5 Å². The van der Waals surface area contributed by atoms with Crippen LogP contribution in [0.25, 0.3) is 5.65 Å². The minimum atomic E-state index is 0.285. The van der Waals surface area contributed by atoms with Crippen molar-refractivity contribution in [3.63, 3.8) is 0 Å². The Labute approximate surface area is 129 Å². The van der Waals surface area contributed by atoms with Crippen LogP contribution in [-0.4, -0.2) is 52.3 Å². The second-order valence-corrected chi connectivity index (χ2v) is 5.96. The minimum Gasteiger partial charge on any atom is -0.377 e. The van der Waals surface area contributed by atoms with Gasteiger partial charge < -0.3 is 14.8 Å². The molecule has 7 nitrogen and oxygen atoms in total. The number of aromatic nitrogens is 4. The molecule has 0 bridgehead atoms. The van der Waals surface area contributed by atoms with Crippen molar-refractivity contribution in [2.24, 2.45) is 0 Å². The van der Waals surface area contributed by atoms with Gasteiger partial charge in [0.05, 0.1) is 19.3 Å². The molecule has 1 N–H and O–H groups in total. The fourth-order valence-electron chi connectivity index (χ4n) is 2.74. The van der Waals surface area contributed by atoms with Crippen LogP contribution in [0.15, 0.2) is 12.1 Å². The van der Waals surface area contributed by atoms with E-state index in [0.717, 1.165) is 43.3 Å². The Morgan fingerprint density at radius 2 is 2.23 bits per heavy atom. The van der Waals surface area contributed by atoms with E-state index in [2.05, 4.69) is 20.6 Å². The molecule has 1 unspecified atom stereocenters. The molecule has 3 heterocycles. The Balaban J connectivity index is 1.28. The quantitative estimate of drug-likeness (QED) is 0.783. The summed E-state index contributed by atoms with van der Waals surface area (Å²) in [5.41, 5.74) is 0.807. The van der Waals surface area contributed by atoms with Gasteiger partial charge in [0.25, 0.3) is 0 Å². The number of fused-ring (bicyclic) bond motifs is 1. The van der Waals surface area contributed by atoms with Crippen LogP contribution in [0.3, 0.4) is 0 Å². The molecule has 4 rings (SSSR count). The molecule has 1 atom stereocenters. The number of nitrogens with one attached hydrogen (secondary N) is 1. The Morgan fingerprint density at radius 3 is 3.05 bits per heavy atom. The molecule has 22 heavy (non-hydrogen) atoms. The summed E-state index contributed by atoms with van der Waals surface area (Å²) in [7, 11) is 0. The van der Waals surface area contributed by atoms with Crippen LogP contribution >= 0.6 is 0 Å². The zero-order valence-corrected chi connectivity index (χ0v) is 12.6. The van der Waals surface area contributed by atoms with E-state index >= 15 is 0 Å². The lowest BCUT2D eigenvalue weighted by atomic mass is 10.2. The molecule has 2 aromatic rings. The number of anilines is 1. The molecule has 0 aromatic carbocycles. The number of ether oxygens (including phenoxy) is 2. The molecule has 7 heteroatoms. The molecule has 0 spiro atoms. The second kappa shape index (κ2) is 6.18. The summed E-state index contributed by atoms with van der Waals surface area (Å²) in [4.78, 5) is 0. The third-order valence-electron chi connectivity index (χ3n) is 4.11. The Hall–Kier alpha value is -1.73. The first kappa shape index (κ1) is 13.9. The molecular formula is C15H21N5O2. The third kappa shape index (κ3) is 3.05. The van der Waals surface area contributed by atoms with Gasteiger partial charge in [-0.15, -0.1) is 15.3 Å². The number of hydrogen-bond donors (Lipinski definition) is 1. The number of nitrogens with zero attached hydrogens (tertiary/aromatic N) is 4. The Morgan fingerprint density at radius 1 is 1.27 bits per heavy atom. The van der Waals surface area contributed by atoms with Crippen LogP contribution in [0.1, 0.15) is 37.4 Å². The van der Waals surface area contributed by atoms with Gasteiger partial charge in [0.1, 0.15) is 5.82 Å². The maximum Gasteiger partial charge on any atom is 0.178 e. The standard InChI is InChI=1S/C15H21N5O2/c1-2-12(22-8-1)10-21-9-7-16-13-5-6-14-17-18-15(11-3-4-11)20(14)19-13/h5-6,11-12H,1-4,7-10H2,(H,16,19). The van der Waals surface area contributed by atoms with E-state index < -0.39 is 0 Å². The predicted molar refractivity (Wildman–Crippen MR) is 81.0 cm³/mol. The van der Waals surface area contributed by atoms with E-state index in [9.17, 15) is 0 Å². The van der Waals surface area contributed by atoms with Gasteiger partial charge >= 0.3 is 0 Å². The van der Waals surface area contributed by atoms with Crippen molar-refractivity contribution in [1.82, 2.24) is 19.8 Å². The summed E-state index contributed by atoms with van der Waals surface area (Å²) in [6.45, 7) is 2.94. The average Bonchev–Trinajstić information content (AvgIpc) is 3.09. The van der Waals surface area contributed by atoms with Crippen molar-refractivity contribution in [1.29, 1.82) is 0 Å². The normalized spacial score (nSPS) is 21.5. The van der Waals surface area contributed by atoms with Crippen molar-refractivity contribution in [2.45, 2.75) is 37.7 Å². The van der Waals surface area contributed by atoms with Crippen LogP contribution < -0.4 is 5.32 Å². The van der Waals surface area contributed by atoms with Crippen LogP contribution in [0.2, 0.25) is 0 Å². The van der Waals surface area contributed by atoms with Gasteiger partial charge in [0.2, 0.25) is 0 Å². The summed E-state index contributed by atoms with van der Waals surface area (Å²) in [6.07, 6.45) is 4.93. The fourth-order valence-corrected chi connectivity index (χ4v) is 2.74. The highest BCUT2D eigenvalue weighted by Gasteiger charge is 2.29. The molecule has 0 amide bonds. The third-order valence-corrected chi connectivity index (χ3v) is 4.11. The van der Waals surface area contributed by atoms with E-state index in [0.29, 0.717) is 19.1 Å². The van der Waals surface area contributed by atoms with Crippen LogP contribution in [0.5, 0.6) is 0 Å². The van der Waals surface area contributed by atoms with Gasteiger partial charge in [-0.2, -0.15) is 4.52 Å². The lowest BCUT2D eigenvalue weighted by Crippen LogP contribution is -2.18. The monoisotopic (exact) mass is 303 g/mol. The maximum absolute atomic E-state index is 5.64. The average molecular weight is 303 g/mol. The zero-order valence-electron chi connectivity index (χ0n) is 12.6. The first-order valence-electron chi connectivity index (χ1n) is 8.06. The molecule has 2 aromatic heterocycles. The summed E-state index contributed by atoms with van der Waals surface area (Å²) >= 11 is 0. The van der Waals surface area contributed by atoms with E-state index in [-0.39, 0.29) is 6.10 Å². The number of rotatable bonds is 7. The van der Waals surface area contributed by atoms with Crippen molar-refractivity contribution < 1.29 is 9.47 Å². The molecule has 1 saturated carbocycles. The highest BCUT2D eigenvalue weighted by molar-refractivity contribution is 5.44. The lowest BCUT2D eigenvalue weighted by Gasteiger charge is -2.10. The topological polar surface area (TPSA) is 73.6 Å². The highest BCUT2D eigenvalue weighted by Crippen LogP contribution is 2.38. The van der Waals surface area contributed by atoms with Crippen LogP contribution in [0, 0.1) is 0 Å².